The molecule has 9 heteroatoms. The molecule has 0 heterocycles. The van der Waals surface area contributed by atoms with Gasteiger partial charge in [0.2, 0.25) is 0 Å². The molecule has 0 aromatic carbocycles. The molecule has 0 saturated heterocycles. The van der Waals surface area contributed by atoms with Crippen LogP contribution < -0.4 is 0 Å². The van der Waals surface area contributed by atoms with E-state index in [4.69, 9.17) is 19.3 Å². The van der Waals surface area contributed by atoms with Gasteiger partial charge in [-0.2, -0.15) is 0 Å². The van der Waals surface area contributed by atoms with Gasteiger partial charge in [-0.15, -0.1) is 0 Å². The highest BCUT2D eigenvalue weighted by molar-refractivity contribution is 7.46. The van der Waals surface area contributed by atoms with E-state index in [0.29, 0.717) is 6.42 Å². The summed E-state index contributed by atoms with van der Waals surface area (Å²) in [5.41, 5.74) is 0. The van der Waals surface area contributed by atoms with E-state index in [1.165, 1.54) is 141 Å². The highest BCUT2D eigenvalue weighted by Gasteiger charge is 2.22. The van der Waals surface area contributed by atoms with Crippen LogP contribution in [0.2, 0.25) is 0 Å². The van der Waals surface area contributed by atoms with Crippen LogP contribution in [0.4, 0.5) is 0 Å². The number of ether oxygens (including phenoxy) is 2. The Morgan fingerprint density at radius 1 is 0.478 bits per heavy atom. The zero-order valence-electron chi connectivity index (χ0n) is 30.0. The summed E-state index contributed by atoms with van der Waals surface area (Å²) in [4.78, 5) is 42.6. The molecule has 0 saturated carbocycles. The highest BCUT2D eigenvalue weighted by atomic mass is 31.2. The summed E-state index contributed by atoms with van der Waals surface area (Å²) in [5, 5.41) is 0. The molecule has 1 atom stereocenters. The summed E-state index contributed by atoms with van der Waals surface area (Å²) in [5.74, 6) is -0.875. The van der Waals surface area contributed by atoms with Gasteiger partial charge in [-0.3, -0.25) is 14.1 Å². The van der Waals surface area contributed by atoms with E-state index in [9.17, 15) is 14.2 Å². The van der Waals surface area contributed by atoms with E-state index in [2.05, 4.69) is 18.4 Å². The van der Waals surface area contributed by atoms with Gasteiger partial charge in [-0.25, -0.2) is 4.57 Å². The topological polar surface area (TPSA) is 119 Å². The minimum absolute atomic E-state index is 0.220. The molecule has 2 N–H and O–H groups in total. The predicted octanol–water partition coefficient (Wildman–Crippen LogP) is 11.3. The lowest BCUT2D eigenvalue weighted by Crippen LogP contribution is -2.29. The molecule has 0 unspecified atom stereocenters. The van der Waals surface area contributed by atoms with E-state index in [0.717, 1.165) is 32.1 Å². The van der Waals surface area contributed by atoms with Crippen LogP contribution in [-0.2, 0) is 28.2 Å². The molecule has 0 radical (unpaired) electrons. The van der Waals surface area contributed by atoms with Gasteiger partial charge in [0.25, 0.3) is 0 Å². The molecule has 0 aromatic heterocycles. The van der Waals surface area contributed by atoms with Crippen LogP contribution in [0.1, 0.15) is 206 Å². The lowest BCUT2D eigenvalue weighted by atomic mass is 10.0. The quantitative estimate of drug-likeness (QED) is 0.0382. The molecule has 0 aromatic rings. The molecular weight excluding hydrogens is 603 g/mol. The lowest BCUT2D eigenvalue weighted by Gasteiger charge is -2.18. The van der Waals surface area contributed by atoms with Crippen LogP contribution in [0, 0.1) is 0 Å². The number of hydrogen-bond donors (Lipinski definition) is 2. The third kappa shape index (κ3) is 35.9. The van der Waals surface area contributed by atoms with Crippen molar-refractivity contribution in [3.05, 3.63) is 0 Å². The Bertz CT molecular complexity index is 726. The van der Waals surface area contributed by atoms with Gasteiger partial charge in [0.1, 0.15) is 6.61 Å². The fourth-order valence-electron chi connectivity index (χ4n) is 5.73. The zero-order valence-corrected chi connectivity index (χ0v) is 30.9. The number of phosphoric acid groups is 1. The van der Waals surface area contributed by atoms with Crippen LogP contribution in [0.3, 0.4) is 0 Å². The summed E-state index contributed by atoms with van der Waals surface area (Å²) in [6.07, 6.45) is 34.1. The standard InChI is InChI=1S/C37H73O8P/c1-3-5-7-9-11-13-14-15-16-17-18-19-20-21-22-24-26-28-30-32-37(39)45-35(34-44-46(40,41)42)33-43-36(38)31-29-27-25-23-12-10-8-6-4-2/h35H,3-34H2,1-2H3,(H2,40,41,42)/t35-/m1/s1. The molecule has 274 valence electrons. The van der Waals surface area contributed by atoms with Crippen LogP contribution in [0.15, 0.2) is 0 Å². The van der Waals surface area contributed by atoms with Crippen molar-refractivity contribution in [2.24, 2.45) is 0 Å². The second-order valence-corrected chi connectivity index (χ2v) is 14.5. The van der Waals surface area contributed by atoms with Crippen LogP contribution in [-0.4, -0.2) is 41.0 Å². The molecule has 0 aliphatic heterocycles. The first-order chi connectivity index (χ1) is 22.3. The van der Waals surface area contributed by atoms with Gasteiger partial charge >= 0.3 is 19.8 Å². The number of carbonyl (C=O) groups is 2. The molecule has 0 spiro atoms. The number of esters is 2. The zero-order chi connectivity index (χ0) is 34.0. The monoisotopic (exact) mass is 677 g/mol. The molecule has 0 aliphatic rings. The first-order valence-electron chi connectivity index (χ1n) is 19.3. The molecule has 0 rings (SSSR count). The van der Waals surface area contributed by atoms with Gasteiger partial charge in [-0.05, 0) is 12.8 Å². The Hall–Kier alpha value is -0.950. The third-order valence-electron chi connectivity index (χ3n) is 8.63. The Kier molecular flexibility index (Phi) is 33.2. The van der Waals surface area contributed by atoms with E-state index < -0.39 is 32.5 Å². The number of unbranched alkanes of at least 4 members (excludes halogenated alkanes) is 26. The first-order valence-corrected chi connectivity index (χ1v) is 20.9. The van der Waals surface area contributed by atoms with Gasteiger partial charge in [0.15, 0.2) is 6.10 Å². The largest absolute Gasteiger partial charge is 0.469 e. The van der Waals surface area contributed by atoms with Crippen molar-refractivity contribution < 1.29 is 37.9 Å². The Balaban J connectivity index is 3.84. The summed E-state index contributed by atoms with van der Waals surface area (Å²) in [7, 11) is -4.74. The van der Waals surface area contributed by atoms with Gasteiger partial charge < -0.3 is 19.3 Å². The fraction of sp³-hybridized carbons (Fsp3) is 0.946. The summed E-state index contributed by atoms with van der Waals surface area (Å²) in [6.45, 7) is 3.67. The summed E-state index contributed by atoms with van der Waals surface area (Å²) >= 11 is 0. The predicted molar refractivity (Wildman–Crippen MR) is 189 cm³/mol. The average molecular weight is 677 g/mol. The van der Waals surface area contributed by atoms with Gasteiger partial charge in [0, 0.05) is 12.8 Å². The molecule has 46 heavy (non-hydrogen) atoms. The van der Waals surface area contributed by atoms with Crippen molar-refractivity contribution in [3.63, 3.8) is 0 Å². The second kappa shape index (κ2) is 33.9. The number of carbonyl (C=O) groups excluding carboxylic acids is 2. The number of phosphoric ester groups is 1. The summed E-state index contributed by atoms with van der Waals surface area (Å²) < 4.78 is 26.3. The third-order valence-corrected chi connectivity index (χ3v) is 9.11. The highest BCUT2D eigenvalue weighted by Crippen LogP contribution is 2.36. The maximum Gasteiger partial charge on any atom is 0.469 e. The van der Waals surface area contributed by atoms with Crippen molar-refractivity contribution in [1.82, 2.24) is 0 Å². The molecular formula is C37H73O8P. The maximum atomic E-state index is 12.3. The Labute approximate surface area is 283 Å². The SMILES string of the molecule is CCCCCCCCCCCCCCCCCCCCCC(=O)O[C@H](COC(=O)CCCCCCCCCCC)COP(=O)(O)O. The first kappa shape index (κ1) is 45.0. The van der Waals surface area contributed by atoms with Crippen LogP contribution >= 0.6 is 7.82 Å². The Morgan fingerprint density at radius 2 is 0.783 bits per heavy atom. The molecule has 8 nitrogen and oxygen atoms in total. The van der Waals surface area contributed by atoms with E-state index in [1.54, 1.807) is 0 Å². The molecule has 0 amide bonds. The van der Waals surface area contributed by atoms with Crippen molar-refractivity contribution in [2.75, 3.05) is 13.2 Å². The van der Waals surface area contributed by atoms with Crippen LogP contribution in [0.25, 0.3) is 0 Å². The lowest BCUT2D eigenvalue weighted by molar-refractivity contribution is -0.161. The second-order valence-electron chi connectivity index (χ2n) is 13.3. The van der Waals surface area contributed by atoms with Gasteiger partial charge in [0.05, 0.1) is 6.61 Å². The summed E-state index contributed by atoms with van der Waals surface area (Å²) in [6, 6.07) is 0. The maximum absolute atomic E-state index is 12.3. The van der Waals surface area contributed by atoms with Crippen molar-refractivity contribution >= 4 is 19.8 Å². The minimum Gasteiger partial charge on any atom is -0.462 e. The van der Waals surface area contributed by atoms with Crippen molar-refractivity contribution in [3.8, 4) is 0 Å². The van der Waals surface area contributed by atoms with Crippen molar-refractivity contribution in [2.45, 2.75) is 213 Å². The van der Waals surface area contributed by atoms with E-state index in [1.807, 2.05) is 0 Å². The molecule has 0 fully saturated rings. The number of rotatable bonds is 36. The van der Waals surface area contributed by atoms with Gasteiger partial charge in [-0.1, -0.05) is 181 Å². The Morgan fingerprint density at radius 3 is 1.11 bits per heavy atom. The molecule has 0 aliphatic carbocycles. The van der Waals surface area contributed by atoms with E-state index >= 15 is 0 Å². The van der Waals surface area contributed by atoms with Crippen molar-refractivity contribution in [1.29, 1.82) is 0 Å². The normalized spacial score (nSPS) is 12.3. The van der Waals surface area contributed by atoms with E-state index in [-0.39, 0.29) is 19.4 Å². The fourth-order valence-corrected chi connectivity index (χ4v) is 6.09. The molecule has 0 bridgehead atoms. The average Bonchev–Trinajstić information content (AvgIpc) is 3.02. The smallest absolute Gasteiger partial charge is 0.462 e. The van der Waals surface area contributed by atoms with Crippen LogP contribution in [0.5, 0.6) is 0 Å². The minimum atomic E-state index is -4.74. The number of hydrogen-bond acceptors (Lipinski definition) is 6.